The number of allylic oxidation sites excluding steroid dienone is 1. The van der Waals surface area contributed by atoms with E-state index in [0.29, 0.717) is 5.92 Å². The predicted molar refractivity (Wildman–Crippen MR) is 106 cm³/mol. The number of hydrogen-bond donors (Lipinski definition) is 2. The van der Waals surface area contributed by atoms with Crippen molar-refractivity contribution in [1.82, 2.24) is 0 Å². The summed E-state index contributed by atoms with van der Waals surface area (Å²) in [5.74, 6) is 1.43. The molecule has 2 aromatic rings. The molecule has 2 aromatic carbocycles. The molecule has 1 fully saturated rings. The Morgan fingerprint density at radius 2 is 1.68 bits per heavy atom. The largest absolute Gasteiger partial charge is 0.384 e. The van der Waals surface area contributed by atoms with Crippen molar-refractivity contribution in [3.63, 3.8) is 0 Å². The van der Waals surface area contributed by atoms with Gasteiger partial charge in [-0.05, 0) is 42.7 Å². The zero-order valence-corrected chi connectivity index (χ0v) is 14.9. The Labute approximate surface area is 151 Å². The monoisotopic (exact) mass is 335 g/mol. The number of anilines is 1. The zero-order chi connectivity index (χ0) is 17.5. The van der Waals surface area contributed by atoms with Crippen LogP contribution in [0.5, 0.6) is 0 Å². The third kappa shape index (κ3) is 4.52. The molecule has 0 aromatic heterocycles. The normalized spacial score (nSPS) is 21.5. The van der Waals surface area contributed by atoms with Crippen molar-refractivity contribution < 1.29 is 5.11 Å². The van der Waals surface area contributed by atoms with Crippen LogP contribution in [0.25, 0.3) is 0 Å². The van der Waals surface area contributed by atoms with Crippen molar-refractivity contribution in [2.45, 2.75) is 38.2 Å². The number of rotatable bonds is 7. The van der Waals surface area contributed by atoms with Gasteiger partial charge in [0.25, 0.3) is 0 Å². The molecule has 132 valence electrons. The van der Waals surface area contributed by atoms with Crippen LogP contribution in [-0.4, -0.2) is 11.7 Å². The molecule has 1 unspecified atom stereocenters. The third-order valence-corrected chi connectivity index (χ3v) is 5.46. The highest BCUT2D eigenvalue weighted by Gasteiger charge is 2.24. The Hall–Kier alpha value is -2.06. The van der Waals surface area contributed by atoms with E-state index in [1.165, 1.54) is 25.7 Å². The van der Waals surface area contributed by atoms with Gasteiger partial charge in [0.15, 0.2) is 0 Å². The van der Waals surface area contributed by atoms with Gasteiger partial charge in [0.05, 0.1) is 0 Å². The molecule has 0 bridgehead atoms. The molecule has 1 saturated carbocycles. The lowest BCUT2D eigenvalue weighted by atomic mass is 9.77. The fraction of sp³-hybridized carbons (Fsp3) is 0.391. The summed E-state index contributed by atoms with van der Waals surface area (Å²) < 4.78 is 0. The van der Waals surface area contributed by atoms with Crippen LogP contribution >= 0.6 is 0 Å². The first-order valence-electron chi connectivity index (χ1n) is 9.46. The second-order valence-electron chi connectivity index (χ2n) is 7.11. The minimum atomic E-state index is -0.597. The maximum absolute atomic E-state index is 10.8. The van der Waals surface area contributed by atoms with Crippen molar-refractivity contribution in [3.05, 3.63) is 78.4 Å². The lowest BCUT2D eigenvalue weighted by molar-refractivity contribution is 0.220. The molecule has 2 nitrogen and oxygen atoms in total. The predicted octanol–water partition coefficient (Wildman–Crippen LogP) is 5.56. The van der Waals surface area contributed by atoms with Gasteiger partial charge in [0.2, 0.25) is 0 Å². The molecule has 25 heavy (non-hydrogen) atoms. The Bertz CT molecular complexity index is 667. The van der Waals surface area contributed by atoms with E-state index in [1.807, 2.05) is 48.5 Å². The molecule has 0 spiro atoms. The third-order valence-electron chi connectivity index (χ3n) is 5.46. The summed E-state index contributed by atoms with van der Waals surface area (Å²) in [5, 5.41) is 14.4. The Kier molecular flexibility index (Phi) is 6.30. The molecule has 1 aliphatic carbocycles. The van der Waals surface area contributed by atoms with Gasteiger partial charge in [-0.2, -0.15) is 0 Å². The lowest BCUT2D eigenvalue weighted by Crippen LogP contribution is -2.26. The van der Waals surface area contributed by atoms with Crippen molar-refractivity contribution >= 4 is 5.69 Å². The van der Waals surface area contributed by atoms with Crippen LogP contribution in [0.4, 0.5) is 5.69 Å². The van der Waals surface area contributed by atoms with Crippen LogP contribution in [0, 0.1) is 11.8 Å². The summed E-state index contributed by atoms with van der Waals surface area (Å²) in [5.41, 5.74) is 2.92. The molecule has 0 saturated heterocycles. The van der Waals surface area contributed by atoms with Gasteiger partial charge in [-0.1, -0.05) is 67.4 Å². The first-order chi connectivity index (χ1) is 12.3. The van der Waals surface area contributed by atoms with Gasteiger partial charge in [-0.25, -0.2) is 0 Å². The van der Waals surface area contributed by atoms with E-state index >= 15 is 0 Å². The van der Waals surface area contributed by atoms with Gasteiger partial charge >= 0.3 is 0 Å². The van der Waals surface area contributed by atoms with Crippen molar-refractivity contribution in [1.29, 1.82) is 0 Å². The SMILES string of the molecule is C=CC[C@@H]1CCCC[C@@H]1CNc1ccccc1C(O)c1ccccc1. The second kappa shape index (κ2) is 8.87. The Balaban J connectivity index is 1.71. The van der Waals surface area contributed by atoms with Gasteiger partial charge in [-0.15, -0.1) is 6.58 Å². The van der Waals surface area contributed by atoms with E-state index in [2.05, 4.69) is 24.0 Å². The van der Waals surface area contributed by atoms with E-state index < -0.39 is 6.10 Å². The highest BCUT2D eigenvalue weighted by molar-refractivity contribution is 5.54. The van der Waals surface area contributed by atoms with Crippen LogP contribution < -0.4 is 5.32 Å². The maximum Gasteiger partial charge on any atom is 0.106 e. The van der Waals surface area contributed by atoms with Gasteiger partial charge in [-0.3, -0.25) is 0 Å². The molecule has 0 heterocycles. The van der Waals surface area contributed by atoms with Crippen molar-refractivity contribution in [2.75, 3.05) is 11.9 Å². The number of hydrogen-bond acceptors (Lipinski definition) is 2. The molecule has 1 aliphatic rings. The summed E-state index contributed by atoms with van der Waals surface area (Å²) in [6.45, 7) is 4.89. The fourth-order valence-electron chi connectivity index (χ4n) is 4.03. The van der Waals surface area contributed by atoms with E-state index in [0.717, 1.165) is 35.7 Å². The maximum atomic E-state index is 10.8. The van der Waals surface area contributed by atoms with E-state index in [9.17, 15) is 5.11 Å². The summed E-state index contributed by atoms with van der Waals surface area (Å²) >= 11 is 0. The number of aliphatic hydroxyl groups excluding tert-OH is 1. The van der Waals surface area contributed by atoms with Crippen molar-refractivity contribution in [2.24, 2.45) is 11.8 Å². The molecule has 3 atom stereocenters. The molecule has 0 aliphatic heterocycles. The van der Waals surface area contributed by atoms with Gasteiger partial charge in [0.1, 0.15) is 6.10 Å². The average Bonchev–Trinajstić information content (AvgIpc) is 2.68. The van der Waals surface area contributed by atoms with Crippen LogP contribution in [0.1, 0.15) is 49.3 Å². The van der Waals surface area contributed by atoms with Crippen LogP contribution in [0.2, 0.25) is 0 Å². The standard InChI is InChI=1S/C23H29NO/c1-2-10-18-11-6-7-14-20(18)17-24-22-16-9-8-15-21(22)23(25)19-12-4-3-5-13-19/h2-5,8-9,12-13,15-16,18,20,23-25H,1,6-7,10-11,14,17H2/t18-,20-,23?/m1/s1. The summed E-state index contributed by atoms with van der Waals surface area (Å²) in [6, 6.07) is 18.0. The van der Waals surface area contributed by atoms with E-state index in [4.69, 9.17) is 0 Å². The summed E-state index contributed by atoms with van der Waals surface area (Å²) in [7, 11) is 0. The van der Waals surface area contributed by atoms with Crippen LogP contribution in [-0.2, 0) is 0 Å². The molecule has 0 amide bonds. The molecule has 3 rings (SSSR count). The van der Waals surface area contributed by atoms with Crippen LogP contribution in [0.15, 0.2) is 67.3 Å². The van der Waals surface area contributed by atoms with Gasteiger partial charge < -0.3 is 10.4 Å². The quantitative estimate of drug-likeness (QED) is 0.649. The molecule has 2 heteroatoms. The molecule has 0 radical (unpaired) electrons. The van der Waals surface area contributed by atoms with Crippen LogP contribution in [0.3, 0.4) is 0 Å². The van der Waals surface area contributed by atoms with Gasteiger partial charge in [0, 0.05) is 17.8 Å². The summed E-state index contributed by atoms with van der Waals surface area (Å²) in [4.78, 5) is 0. The smallest absolute Gasteiger partial charge is 0.106 e. The number of aliphatic hydroxyl groups is 1. The van der Waals surface area contributed by atoms with E-state index in [-0.39, 0.29) is 0 Å². The van der Waals surface area contributed by atoms with E-state index in [1.54, 1.807) is 0 Å². The highest BCUT2D eigenvalue weighted by Crippen LogP contribution is 2.34. The zero-order valence-electron chi connectivity index (χ0n) is 14.9. The molecule has 2 N–H and O–H groups in total. The minimum Gasteiger partial charge on any atom is -0.384 e. The topological polar surface area (TPSA) is 32.3 Å². The summed E-state index contributed by atoms with van der Waals surface area (Å²) in [6.07, 6.45) is 7.85. The number of para-hydroxylation sites is 1. The first kappa shape index (κ1) is 17.8. The second-order valence-corrected chi connectivity index (χ2v) is 7.11. The number of benzene rings is 2. The Morgan fingerprint density at radius 1 is 1.00 bits per heavy atom. The minimum absolute atomic E-state index is 0.597. The fourth-order valence-corrected chi connectivity index (χ4v) is 4.03. The molecular weight excluding hydrogens is 306 g/mol. The molecular formula is C23H29NO. The lowest BCUT2D eigenvalue weighted by Gasteiger charge is -2.31. The first-order valence-corrected chi connectivity index (χ1v) is 9.46. The number of nitrogens with one attached hydrogen (secondary N) is 1. The Morgan fingerprint density at radius 3 is 2.44 bits per heavy atom. The average molecular weight is 335 g/mol. The van der Waals surface area contributed by atoms with Crippen molar-refractivity contribution in [3.8, 4) is 0 Å². The highest BCUT2D eigenvalue weighted by atomic mass is 16.3.